The van der Waals surface area contributed by atoms with E-state index in [0.717, 1.165) is 22.6 Å². The monoisotopic (exact) mass is 207 g/mol. The Balaban J connectivity index is 2.54. The molecule has 0 N–H and O–H groups in total. The lowest BCUT2D eigenvalue weighted by atomic mass is 10.1. The highest BCUT2D eigenvalue weighted by molar-refractivity contribution is 6.33. The SMILES string of the molecule is CCc1cccc(-c2ncco2)c1Cl. The molecule has 1 aromatic carbocycles. The van der Waals surface area contributed by atoms with E-state index in [1.807, 2.05) is 18.2 Å². The van der Waals surface area contributed by atoms with Gasteiger partial charge in [-0.2, -0.15) is 0 Å². The Bertz CT molecular complexity index is 423. The first-order valence-electron chi connectivity index (χ1n) is 4.50. The van der Waals surface area contributed by atoms with Crippen molar-refractivity contribution in [2.75, 3.05) is 0 Å². The maximum atomic E-state index is 6.20. The van der Waals surface area contributed by atoms with Crippen LogP contribution in [0.15, 0.2) is 35.1 Å². The molecule has 0 saturated heterocycles. The fraction of sp³-hybridized carbons (Fsp3) is 0.182. The second-order valence-corrected chi connectivity index (χ2v) is 3.35. The largest absolute Gasteiger partial charge is 0.444 e. The summed E-state index contributed by atoms with van der Waals surface area (Å²) >= 11 is 6.20. The van der Waals surface area contributed by atoms with Crippen molar-refractivity contribution < 1.29 is 4.42 Å². The highest BCUT2D eigenvalue weighted by Gasteiger charge is 2.09. The molecule has 1 aromatic heterocycles. The van der Waals surface area contributed by atoms with Crippen molar-refractivity contribution in [3.05, 3.63) is 41.2 Å². The summed E-state index contributed by atoms with van der Waals surface area (Å²) in [5.41, 5.74) is 1.97. The summed E-state index contributed by atoms with van der Waals surface area (Å²) in [6.07, 6.45) is 4.07. The van der Waals surface area contributed by atoms with Gasteiger partial charge in [-0.3, -0.25) is 0 Å². The average molecular weight is 208 g/mol. The van der Waals surface area contributed by atoms with Crippen LogP contribution in [-0.4, -0.2) is 4.98 Å². The van der Waals surface area contributed by atoms with Crippen LogP contribution in [0.3, 0.4) is 0 Å². The van der Waals surface area contributed by atoms with Gasteiger partial charge in [0.15, 0.2) is 0 Å². The minimum absolute atomic E-state index is 0.574. The molecule has 0 atom stereocenters. The zero-order valence-corrected chi connectivity index (χ0v) is 8.58. The Labute approximate surface area is 87.5 Å². The topological polar surface area (TPSA) is 26.0 Å². The van der Waals surface area contributed by atoms with Crippen LogP contribution < -0.4 is 0 Å². The minimum Gasteiger partial charge on any atom is -0.444 e. The molecule has 0 aliphatic carbocycles. The van der Waals surface area contributed by atoms with Crippen LogP contribution >= 0.6 is 11.6 Å². The van der Waals surface area contributed by atoms with E-state index in [-0.39, 0.29) is 0 Å². The van der Waals surface area contributed by atoms with Gasteiger partial charge in [0.25, 0.3) is 0 Å². The summed E-state index contributed by atoms with van der Waals surface area (Å²) in [7, 11) is 0. The summed E-state index contributed by atoms with van der Waals surface area (Å²) in [5.74, 6) is 0.574. The third-order valence-electron chi connectivity index (χ3n) is 2.12. The molecule has 0 amide bonds. The van der Waals surface area contributed by atoms with Crippen LogP contribution in [0.1, 0.15) is 12.5 Å². The summed E-state index contributed by atoms with van der Waals surface area (Å²) < 4.78 is 5.20. The molecule has 0 spiro atoms. The second kappa shape index (κ2) is 3.84. The number of nitrogens with zero attached hydrogens (tertiary/aromatic N) is 1. The summed E-state index contributed by atoms with van der Waals surface area (Å²) in [4.78, 5) is 4.07. The predicted molar refractivity (Wildman–Crippen MR) is 56.3 cm³/mol. The molecular weight excluding hydrogens is 198 g/mol. The predicted octanol–water partition coefficient (Wildman–Crippen LogP) is 3.56. The molecular formula is C11H10ClNO. The molecule has 14 heavy (non-hydrogen) atoms. The van der Waals surface area contributed by atoms with Gasteiger partial charge in [-0.25, -0.2) is 4.98 Å². The zero-order valence-electron chi connectivity index (χ0n) is 7.83. The number of hydrogen-bond donors (Lipinski definition) is 0. The lowest BCUT2D eigenvalue weighted by Gasteiger charge is -2.04. The summed E-state index contributed by atoms with van der Waals surface area (Å²) in [5, 5.41) is 0.734. The fourth-order valence-electron chi connectivity index (χ4n) is 1.37. The van der Waals surface area contributed by atoms with E-state index in [4.69, 9.17) is 16.0 Å². The lowest BCUT2D eigenvalue weighted by molar-refractivity contribution is 0.574. The first kappa shape index (κ1) is 9.28. The minimum atomic E-state index is 0.574. The van der Waals surface area contributed by atoms with Gasteiger partial charge in [0.2, 0.25) is 5.89 Å². The number of aryl methyl sites for hydroxylation is 1. The number of aromatic nitrogens is 1. The molecule has 3 heteroatoms. The smallest absolute Gasteiger partial charge is 0.227 e. The molecule has 0 bridgehead atoms. The van der Waals surface area contributed by atoms with Crippen LogP contribution in [0, 0.1) is 0 Å². The normalized spacial score (nSPS) is 10.4. The van der Waals surface area contributed by atoms with Gasteiger partial charge in [-0.1, -0.05) is 30.7 Å². The standard InChI is InChI=1S/C11H10ClNO/c1-2-8-4-3-5-9(10(8)12)11-13-6-7-14-11/h3-7H,2H2,1H3. The Morgan fingerprint density at radius 1 is 1.43 bits per heavy atom. The molecule has 0 aliphatic heterocycles. The molecule has 0 saturated carbocycles. The third-order valence-corrected chi connectivity index (χ3v) is 2.57. The number of hydrogen-bond acceptors (Lipinski definition) is 2. The molecule has 2 aromatic rings. The van der Waals surface area contributed by atoms with Crippen molar-refractivity contribution in [2.45, 2.75) is 13.3 Å². The molecule has 72 valence electrons. The number of rotatable bonds is 2. The molecule has 0 unspecified atom stereocenters. The van der Waals surface area contributed by atoms with E-state index in [9.17, 15) is 0 Å². The Hall–Kier alpha value is -1.28. The number of oxazole rings is 1. The highest BCUT2D eigenvalue weighted by Crippen LogP contribution is 2.29. The molecule has 0 radical (unpaired) electrons. The molecule has 2 rings (SSSR count). The Morgan fingerprint density at radius 3 is 2.93 bits per heavy atom. The summed E-state index contributed by atoms with van der Waals surface area (Å²) in [6, 6.07) is 5.88. The van der Waals surface area contributed by atoms with E-state index in [1.165, 1.54) is 0 Å². The first-order valence-corrected chi connectivity index (χ1v) is 4.88. The quantitative estimate of drug-likeness (QED) is 0.753. The van der Waals surface area contributed by atoms with Crippen molar-refractivity contribution in [3.63, 3.8) is 0 Å². The lowest BCUT2D eigenvalue weighted by Crippen LogP contribution is -1.86. The van der Waals surface area contributed by atoms with Crippen molar-refractivity contribution in [3.8, 4) is 11.5 Å². The van der Waals surface area contributed by atoms with Crippen LogP contribution in [0.2, 0.25) is 5.02 Å². The van der Waals surface area contributed by atoms with E-state index in [2.05, 4.69) is 11.9 Å². The van der Waals surface area contributed by atoms with E-state index in [0.29, 0.717) is 5.89 Å². The Kier molecular flexibility index (Phi) is 2.55. The molecule has 0 aliphatic rings. The van der Waals surface area contributed by atoms with E-state index in [1.54, 1.807) is 12.5 Å². The number of halogens is 1. The van der Waals surface area contributed by atoms with Crippen molar-refractivity contribution in [1.29, 1.82) is 0 Å². The molecule has 1 heterocycles. The average Bonchev–Trinajstić information content (AvgIpc) is 2.71. The van der Waals surface area contributed by atoms with Gasteiger partial charge < -0.3 is 4.42 Å². The fourth-order valence-corrected chi connectivity index (χ4v) is 1.71. The molecule has 2 nitrogen and oxygen atoms in total. The van der Waals surface area contributed by atoms with Gasteiger partial charge in [-0.15, -0.1) is 0 Å². The van der Waals surface area contributed by atoms with E-state index < -0.39 is 0 Å². The van der Waals surface area contributed by atoms with Crippen LogP contribution in [0.5, 0.6) is 0 Å². The van der Waals surface area contributed by atoms with Gasteiger partial charge in [0.05, 0.1) is 16.8 Å². The molecule has 0 fully saturated rings. The van der Waals surface area contributed by atoms with E-state index >= 15 is 0 Å². The van der Waals surface area contributed by atoms with Crippen LogP contribution in [0.4, 0.5) is 0 Å². The van der Waals surface area contributed by atoms with Gasteiger partial charge >= 0.3 is 0 Å². The van der Waals surface area contributed by atoms with Gasteiger partial charge in [0, 0.05) is 0 Å². The van der Waals surface area contributed by atoms with Gasteiger partial charge in [0.1, 0.15) is 6.26 Å². The van der Waals surface area contributed by atoms with Crippen LogP contribution in [-0.2, 0) is 6.42 Å². The number of benzene rings is 1. The van der Waals surface area contributed by atoms with Crippen LogP contribution in [0.25, 0.3) is 11.5 Å². The second-order valence-electron chi connectivity index (χ2n) is 2.97. The first-order chi connectivity index (χ1) is 6.83. The van der Waals surface area contributed by atoms with Crippen molar-refractivity contribution in [1.82, 2.24) is 4.98 Å². The van der Waals surface area contributed by atoms with Gasteiger partial charge in [-0.05, 0) is 18.1 Å². The van der Waals surface area contributed by atoms with Crippen molar-refractivity contribution in [2.24, 2.45) is 0 Å². The Morgan fingerprint density at radius 2 is 2.29 bits per heavy atom. The highest BCUT2D eigenvalue weighted by atomic mass is 35.5. The maximum absolute atomic E-state index is 6.20. The van der Waals surface area contributed by atoms with Crippen molar-refractivity contribution >= 4 is 11.6 Å². The summed E-state index contributed by atoms with van der Waals surface area (Å²) in [6.45, 7) is 2.07. The zero-order chi connectivity index (χ0) is 9.97. The third kappa shape index (κ3) is 1.53. The maximum Gasteiger partial charge on any atom is 0.227 e.